The van der Waals surface area contributed by atoms with Crippen molar-refractivity contribution in [1.29, 1.82) is 0 Å². The van der Waals surface area contributed by atoms with E-state index < -0.39 is 4.92 Å². The number of thiazole rings is 1. The molecule has 2 aromatic carbocycles. The Morgan fingerprint density at radius 1 is 1.09 bits per heavy atom. The van der Waals surface area contributed by atoms with Crippen LogP contribution in [0.3, 0.4) is 0 Å². The number of hydrogen-bond donors (Lipinski definition) is 0. The molecule has 172 valence electrons. The van der Waals surface area contributed by atoms with Crippen LogP contribution in [0.15, 0.2) is 41.8 Å². The van der Waals surface area contributed by atoms with E-state index in [9.17, 15) is 14.9 Å². The lowest BCUT2D eigenvalue weighted by Gasteiger charge is -2.35. The molecule has 1 saturated heterocycles. The summed E-state index contributed by atoms with van der Waals surface area (Å²) < 4.78 is 10.6. The number of nitro benzene ring substituents is 1. The van der Waals surface area contributed by atoms with Crippen molar-refractivity contribution in [3.63, 3.8) is 0 Å². The molecule has 33 heavy (non-hydrogen) atoms. The van der Waals surface area contributed by atoms with Crippen molar-refractivity contribution in [1.82, 2.24) is 9.88 Å². The Labute approximate surface area is 199 Å². The van der Waals surface area contributed by atoms with Crippen LogP contribution in [0.2, 0.25) is 5.02 Å². The van der Waals surface area contributed by atoms with E-state index in [0.717, 1.165) is 5.56 Å². The van der Waals surface area contributed by atoms with Gasteiger partial charge in [-0.3, -0.25) is 14.9 Å². The highest BCUT2D eigenvalue weighted by Gasteiger charge is 2.27. The van der Waals surface area contributed by atoms with Gasteiger partial charge in [-0.15, -0.1) is 11.3 Å². The number of carbonyl (C=O) groups is 1. The highest BCUT2D eigenvalue weighted by molar-refractivity contribution is 7.13. The molecule has 1 aliphatic heterocycles. The number of carbonyl (C=O) groups excluding carboxylic acids is 1. The molecule has 9 nitrogen and oxygen atoms in total. The Kier molecular flexibility index (Phi) is 6.66. The molecule has 0 spiro atoms. The number of halogens is 1. The third kappa shape index (κ3) is 4.71. The number of methoxy groups -OCH3 is 2. The average molecular weight is 489 g/mol. The molecule has 0 aliphatic carbocycles. The Morgan fingerprint density at radius 2 is 1.82 bits per heavy atom. The molecule has 3 aromatic rings. The molecular weight excluding hydrogens is 468 g/mol. The fraction of sp³-hybridized carbons (Fsp3) is 0.273. The van der Waals surface area contributed by atoms with Gasteiger partial charge in [0.15, 0.2) is 11.5 Å². The van der Waals surface area contributed by atoms with Crippen LogP contribution < -0.4 is 14.4 Å². The zero-order chi connectivity index (χ0) is 23.5. The Hall–Kier alpha value is -3.37. The highest BCUT2D eigenvalue weighted by Crippen LogP contribution is 2.34. The SMILES string of the molecule is COc1ccc(-c2nc(C(=O)N3CCN(c4ccc(Cl)cc4[N+](=O)[O-])CC3)cs2)cc1OC. The lowest BCUT2D eigenvalue weighted by Crippen LogP contribution is -2.49. The molecule has 1 aromatic heterocycles. The summed E-state index contributed by atoms with van der Waals surface area (Å²) >= 11 is 7.29. The van der Waals surface area contributed by atoms with E-state index >= 15 is 0 Å². The van der Waals surface area contributed by atoms with Gasteiger partial charge in [0.05, 0.1) is 19.1 Å². The zero-order valence-corrected chi connectivity index (χ0v) is 19.6. The van der Waals surface area contributed by atoms with Gasteiger partial charge in [0.25, 0.3) is 11.6 Å². The molecule has 0 N–H and O–H groups in total. The highest BCUT2D eigenvalue weighted by atomic mass is 35.5. The van der Waals surface area contributed by atoms with Crippen LogP contribution in [-0.2, 0) is 0 Å². The first-order valence-corrected chi connectivity index (χ1v) is 11.3. The quantitative estimate of drug-likeness (QED) is 0.375. The molecule has 0 atom stereocenters. The van der Waals surface area contributed by atoms with E-state index in [1.807, 2.05) is 17.0 Å². The predicted octanol–water partition coefficient (Wildman–Crippen LogP) is 4.35. The average Bonchev–Trinajstić information content (AvgIpc) is 3.33. The molecule has 2 heterocycles. The number of piperazine rings is 1. The van der Waals surface area contributed by atoms with Gasteiger partial charge in [0, 0.05) is 48.2 Å². The molecular formula is C22H21ClN4O5S. The van der Waals surface area contributed by atoms with E-state index in [2.05, 4.69) is 4.98 Å². The number of ether oxygens (including phenoxy) is 2. The summed E-state index contributed by atoms with van der Waals surface area (Å²) in [5.74, 6) is 1.04. The number of hydrogen-bond acceptors (Lipinski definition) is 8. The van der Waals surface area contributed by atoms with Gasteiger partial charge in [-0.2, -0.15) is 0 Å². The number of rotatable bonds is 6. The minimum Gasteiger partial charge on any atom is -0.493 e. The van der Waals surface area contributed by atoms with Crippen LogP contribution in [-0.4, -0.2) is 61.1 Å². The monoisotopic (exact) mass is 488 g/mol. The first kappa shape index (κ1) is 22.8. The second kappa shape index (κ2) is 9.63. The van der Waals surface area contributed by atoms with Crippen LogP contribution in [0, 0.1) is 10.1 Å². The first-order valence-electron chi connectivity index (χ1n) is 10.1. The molecule has 4 rings (SSSR count). The summed E-state index contributed by atoms with van der Waals surface area (Å²) in [7, 11) is 3.14. The van der Waals surface area contributed by atoms with E-state index in [0.29, 0.717) is 59.1 Å². The van der Waals surface area contributed by atoms with Crippen molar-refractivity contribution in [2.45, 2.75) is 0 Å². The lowest BCUT2D eigenvalue weighted by atomic mass is 10.2. The van der Waals surface area contributed by atoms with Gasteiger partial charge in [0.2, 0.25) is 0 Å². The molecule has 0 radical (unpaired) electrons. The van der Waals surface area contributed by atoms with E-state index in [1.165, 1.54) is 17.4 Å². The standard InChI is InChI=1S/C22H21ClN4O5S/c1-31-19-6-3-14(11-20(19)32-2)21-24-16(13-33-21)22(28)26-9-7-25(8-10-26)17-5-4-15(23)12-18(17)27(29)30/h3-6,11-13H,7-10H2,1-2H3. The van der Waals surface area contributed by atoms with Crippen LogP contribution in [0.5, 0.6) is 11.5 Å². The maximum atomic E-state index is 13.0. The molecule has 1 amide bonds. The summed E-state index contributed by atoms with van der Waals surface area (Å²) in [5, 5.41) is 14.2. The normalized spacial score (nSPS) is 13.7. The minimum absolute atomic E-state index is 0.0404. The van der Waals surface area contributed by atoms with Gasteiger partial charge in [-0.25, -0.2) is 4.98 Å². The molecule has 11 heteroatoms. The van der Waals surface area contributed by atoms with Crippen LogP contribution in [0.4, 0.5) is 11.4 Å². The number of aromatic nitrogens is 1. The van der Waals surface area contributed by atoms with E-state index in [4.69, 9.17) is 21.1 Å². The van der Waals surface area contributed by atoms with Gasteiger partial charge < -0.3 is 19.3 Å². The van der Waals surface area contributed by atoms with Crippen LogP contribution >= 0.6 is 22.9 Å². The van der Waals surface area contributed by atoms with Crippen molar-refractivity contribution in [2.24, 2.45) is 0 Å². The second-order valence-electron chi connectivity index (χ2n) is 7.28. The zero-order valence-electron chi connectivity index (χ0n) is 18.0. The summed E-state index contributed by atoms with van der Waals surface area (Å²) in [4.78, 5) is 32.1. The maximum Gasteiger partial charge on any atom is 0.294 e. The second-order valence-corrected chi connectivity index (χ2v) is 8.57. The summed E-state index contributed by atoms with van der Waals surface area (Å²) in [6.45, 7) is 1.81. The van der Waals surface area contributed by atoms with Crippen LogP contribution in [0.1, 0.15) is 10.5 Å². The topological polar surface area (TPSA) is 98.0 Å². The molecule has 0 bridgehead atoms. The fourth-order valence-corrected chi connectivity index (χ4v) is 4.65. The Morgan fingerprint density at radius 3 is 2.48 bits per heavy atom. The number of anilines is 1. The van der Waals surface area contributed by atoms with Gasteiger partial charge in [-0.05, 0) is 30.3 Å². The van der Waals surface area contributed by atoms with Crippen molar-refractivity contribution in [3.8, 4) is 22.1 Å². The smallest absolute Gasteiger partial charge is 0.294 e. The first-order chi connectivity index (χ1) is 15.9. The number of amides is 1. The maximum absolute atomic E-state index is 13.0. The van der Waals surface area contributed by atoms with E-state index in [1.54, 1.807) is 42.7 Å². The largest absolute Gasteiger partial charge is 0.493 e. The predicted molar refractivity (Wildman–Crippen MR) is 127 cm³/mol. The molecule has 1 fully saturated rings. The molecule has 0 saturated carbocycles. The number of nitrogens with zero attached hydrogens (tertiary/aromatic N) is 4. The van der Waals surface area contributed by atoms with Gasteiger partial charge >= 0.3 is 0 Å². The number of benzene rings is 2. The summed E-state index contributed by atoms with van der Waals surface area (Å²) in [6.07, 6.45) is 0. The van der Waals surface area contributed by atoms with Gasteiger partial charge in [0.1, 0.15) is 16.4 Å². The molecule has 1 aliphatic rings. The Bertz CT molecular complexity index is 1190. The van der Waals surface area contributed by atoms with Crippen molar-refractivity contribution < 1.29 is 19.2 Å². The minimum atomic E-state index is -0.441. The summed E-state index contributed by atoms with van der Waals surface area (Å²) in [5.41, 5.74) is 1.66. The van der Waals surface area contributed by atoms with Crippen LogP contribution in [0.25, 0.3) is 10.6 Å². The van der Waals surface area contributed by atoms with Crippen molar-refractivity contribution in [2.75, 3.05) is 45.3 Å². The third-order valence-corrected chi connectivity index (χ3v) is 6.52. The van der Waals surface area contributed by atoms with Crippen molar-refractivity contribution >= 4 is 40.2 Å². The van der Waals surface area contributed by atoms with E-state index in [-0.39, 0.29) is 11.6 Å². The van der Waals surface area contributed by atoms with Gasteiger partial charge in [-0.1, -0.05) is 11.6 Å². The van der Waals surface area contributed by atoms with Crippen molar-refractivity contribution in [3.05, 3.63) is 62.6 Å². The molecule has 0 unspecified atom stereocenters. The lowest BCUT2D eigenvalue weighted by molar-refractivity contribution is -0.384. The Balaban J connectivity index is 1.45. The fourth-order valence-electron chi connectivity index (χ4n) is 3.70. The number of nitro groups is 1. The summed E-state index contributed by atoms with van der Waals surface area (Å²) in [6, 6.07) is 10.1. The third-order valence-electron chi connectivity index (χ3n) is 5.40.